The lowest BCUT2D eigenvalue weighted by Gasteiger charge is -2.16. The summed E-state index contributed by atoms with van der Waals surface area (Å²) < 4.78 is 0. The van der Waals surface area contributed by atoms with E-state index in [1.165, 1.54) is 0 Å². The first-order chi connectivity index (χ1) is 8.97. The first kappa shape index (κ1) is 14.7. The zero-order valence-corrected chi connectivity index (χ0v) is 12.7. The van der Waals surface area contributed by atoms with E-state index in [1.807, 2.05) is 31.2 Å². The maximum Gasteiger partial charge on any atom is 0.0439 e. The van der Waals surface area contributed by atoms with E-state index in [1.54, 1.807) is 12.1 Å². The Morgan fingerprint density at radius 2 is 1.63 bits per heavy atom. The van der Waals surface area contributed by atoms with E-state index in [-0.39, 0.29) is 6.04 Å². The van der Waals surface area contributed by atoms with Gasteiger partial charge in [0, 0.05) is 21.1 Å². The second kappa shape index (κ2) is 6.15. The summed E-state index contributed by atoms with van der Waals surface area (Å²) >= 11 is 18.1. The molecule has 2 rings (SSSR count). The van der Waals surface area contributed by atoms with Gasteiger partial charge in [-0.1, -0.05) is 40.9 Å². The van der Waals surface area contributed by atoms with Gasteiger partial charge in [-0.3, -0.25) is 0 Å². The molecule has 0 bridgehead atoms. The Bertz CT molecular complexity index is 596. The number of halogens is 3. The molecule has 1 nitrogen and oxygen atoms in total. The molecule has 100 valence electrons. The van der Waals surface area contributed by atoms with Gasteiger partial charge < -0.3 is 5.73 Å². The summed E-state index contributed by atoms with van der Waals surface area (Å²) in [5.74, 6) is 0. The SMILES string of the molecule is Cc1cc(Cl)ccc1C(N)Cc1cc(Cl)ccc1Cl. The Labute approximate surface area is 128 Å². The van der Waals surface area contributed by atoms with Crippen LogP contribution in [-0.2, 0) is 6.42 Å². The lowest BCUT2D eigenvalue weighted by Crippen LogP contribution is -2.14. The number of benzene rings is 2. The predicted octanol–water partition coefficient (Wildman–Crippen LogP) is 5.20. The minimum atomic E-state index is -0.131. The van der Waals surface area contributed by atoms with Gasteiger partial charge in [-0.2, -0.15) is 0 Å². The number of nitrogens with two attached hydrogens (primary N) is 1. The first-order valence-electron chi connectivity index (χ1n) is 5.93. The lowest BCUT2D eigenvalue weighted by molar-refractivity contribution is 0.717. The molecule has 0 amide bonds. The number of hydrogen-bond acceptors (Lipinski definition) is 1. The van der Waals surface area contributed by atoms with Crippen LogP contribution >= 0.6 is 34.8 Å². The molecule has 2 N–H and O–H groups in total. The van der Waals surface area contributed by atoms with Crippen LogP contribution in [0.15, 0.2) is 36.4 Å². The first-order valence-corrected chi connectivity index (χ1v) is 7.06. The number of hydrogen-bond donors (Lipinski definition) is 1. The zero-order chi connectivity index (χ0) is 14.0. The van der Waals surface area contributed by atoms with Crippen molar-refractivity contribution < 1.29 is 0 Å². The highest BCUT2D eigenvalue weighted by Gasteiger charge is 2.12. The van der Waals surface area contributed by atoms with Gasteiger partial charge in [0.15, 0.2) is 0 Å². The van der Waals surface area contributed by atoms with Crippen molar-refractivity contribution in [2.75, 3.05) is 0 Å². The van der Waals surface area contributed by atoms with E-state index in [0.29, 0.717) is 21.5 Å². The Balaban J connectivity index is 2.25. The monoisotopic (exact) mass is 313 g/mol. The van der Waals surface area contributed by atoms with Crippen LogP contribution in [0.4, 0.5) is 0 Å². The van der Waals surface area contributed by atoms with Gasteiger partial charge >= 0.3 is 0 Å². The topological polar surface area (TPSA) is 26.0 Å². The zero-order valence-electron chi connectivity index (χ0n) is 10.5. The van der Waals surface area contributed by atoms with Crippen molar-refractivity contribution in [1.82, 2.24) is 0 Å². The summed E-state index contributed by atoms with van der Waals surface area (Å²) in [7, 11) is 0. The maximum absolute atomic E-state index is 6.25. The maximum atomic E-state index is 6.25. The predicted molar refractivity (Wildman–Crippen MR) is 83.3 cm³/mol. The van der Waals surface area contributed by atoms with E-state index in [0.717, 1.165) is 16.7 Å². The van der Waals surface area contributed by atoms with Gasteiger partial charge in [0.2, 0.25) is 0 Å². The molecular formula is C15H14Cl3N. The van der Waals surface area contributed by atoms with Crippen LogP contribution in [0.2, 0.25) is 15.1 Å². The molecule has 19 heavy (non-hydrogen) atoms. The molecule has 1 atom stereocenters. The van der Waals surface area contributed by atoms with Crippen molar-refractivity contribution in [2.45, 2.75) is 19.4 Å². The third-order valence-electron chi connectivity index (χ3n) is 3.08. The average molecular weight is 315 g/mol. The molecule has 0 aromatic heterocycles. The Morgan fingerprint density at radius 1 is 1.00 bits per heavy atom. The second-order valence-corrected chi connectivity index (χ2v) is 5.83. The molecule has 0 aliphatic carbocycles. The molecule has 0 aliphatic rings. The van der Waals surface area contributed by atoms with Gasteiger partial charge in [0.05, 0.1) is 0 Å². The van der Waals surface area contributed by atoms with E-state index in [4.69, 9.17) is 40.5 Å². The molecule has 2 aromatic rings. The molecular weight excluding hydrogens is 301 g/mol. The van der Waals surface area contributed by atoms with Crippen LogP contribution in [0.3, 0.4) is 0 Å². The number of rotatable bonds is 3. The van der Waals surface area contributed by atoms with Crippen LogP contribution in [0.1, 0.15) is 22.7 Å². The molecule has 2 aromatic carbocycles. The molecule has 1 unspecified atom stereocenters. The summed E-state index contributed by atoms with van der Waals surface area (Å²) in [5, 5.41) is 2.07. The highest BCUT2D eigenvalue weighted by atomic mass is 35.5. The Morgan fingerprint density at radius 3 is 2.32 bits per heavy atom. The Hall–Kier alpha value is -0.730. The summed E-state index contributed by atoms with van der Waals surface area (Å²) in [4.78, 5) is 0. The van der Waals surface area contributed by atoms with Crippen LogP contribution in [0, 0.1) is 6.92 Å². The van der Waals surface area contributed by atoms with Gasteiger partial charge in [-0.15, -0.1) is 0 Å². The number of aryl methyl sites for hydroxylation is 1. The third-order valence-corrected chi connectivity index (χ3v) is 3.92. The summed E-state index contributed by atoms with van der Waals surface area (Å²) in [5.41, 5.74) is 9.36. The molecule has 0 fully saturated rings. The molecule has 0 saturated heterocycles. The fraction of sp³-hybridized carbons (Fsp3) is 0.200. The van der Waals surface area contributed by atoms with Crippen LogP contribution in [-0.4, -0.2) is 0 Å². The van der Waals surface area contributed by atoms with Crippen LogP contribution in [0.25, 0.3) is 0 Å². The van der Waals surface area contributed by atoms with Crippen molar-refractivity contribution in [1.29, 1.82) is 0 Å². The molecule has 4 heteroatoms. The van der Waals surface area contributed by atoms with Crippen LogP contribution < -0.4 is 5.73 Å². The van der Waals surface area contributed by atoms with E-state index in [9.17, 15) is 0 Å². The van der Waals surface area contributed by atoms with Crippen molar-refractivity contribution >= 4 is 34.8 Å². The van der Waals surface area contributed by atoms with Gasteiger partial charge in [0.25, 0.3) is 0 Å². The molecule has 0 spiro atoms. The standard InChI is InChI=1S/C15H14Cl3N/c1-9-6-11(16)2-4-13(9)15(19)8-10-7-12(17)3-5-14(10)18/h2-7,15H,8,19H2,1H3. The van der Waals surface area contributed by atoms with Crippen LogP contribution in [0.5, 0.6) is 0 Å². The fourth-order valence-electron chi connectivity index (χ4n) is 2.10. The second-order valence-electron chi connectivity index (χ2n) is 4.55. The van der Waals surface area contributed by atoms with Gasteiger partial charge in [-0.25, -0.2) is 0 Å². The van der Waals surface area contributed by atoms with Gasteiger partial charge in [-0.05, 0) is 60.4 Å². The van der Waals surface area contributed by atoms with E-state index < -0.39 is 0 Å². The van der Waals surface area contributed by atoms with Crippen molar-refractivity contribution in [2.24, 2.45) is 5.73 Å². The summed E-state index contributed by atoms with van der Waals surface area (Å²) in [6.45, 7) is 2.00. The molecule has 0 heterocycles. The van der Waals surface area contributed by atoms with E-state index in [2.05, 4.69) is 0 Å². The normalized spacial score (nSPS) is 12.5. The van der Waals surface area contributed by atoms with Crippen molar-refractivity contribution in [3.63, 3.8) is 0 Å². The largest absolute Gasteiger partial charge is 0.324 e. The third kappa shape index (κ3) is 3.64. The quantitative estimate of drug-likeness (QED) is 0.828. The summed E-state index contributed by atoms with van der Waals surface area (Å²) in [6.07, 6.45) is 0.641. The van der Waals surface area contributed by atoms with Crippen molar-refractivity contribution in [3.05, 3.63) is 68.2 Å². The Kier molecular flexibility index (Phi) is 4.75. The highest BCUT2D eigenvalue weighted by Crippen LogP contribution is 2.27. The summed E-state index contributed by atoms with van der Waals surface area (Å²) in [6, 6.07) is 11.0. The van der Waals surface area contributed by atoms with Crippen molar-refractivity contribution in [3.8, 4) is 0 Å². The van der Waals surface area contributed by atoms with E-state index >= 15 is 0 Å². The molecule has 0 radical (unpaired) electrons. The average Bonchev–Trinajstić information content (AvgIpc) is 2.33. The lowest BCUT2D eigenvalue weighted by atomic mass is 9.96. The fourth-order valence-corrected chi connectivity index (χ4v) is 2.72. The highest BCUT2D eigenvalue weighted by molar-refractivity contribution is 6.33. The molecule has 0 saturated carbocycles. The van der Waals surface area contributed by atoms with Gasteiger partial charge in [0.1, 0.15) is 0 Å². The molecule has 0 aliphatic heterocycles. The minimum absolute atomic E-state index is 0.131. The minimum Gasteiger partial charge on any atom is -0.324 e. The smallest absolute Gasteiger partial charge is 0.0439 e.